The molecule has 2 aromatic carbocycles. The third kappa shape index (κ3) is 3.63. The first-order chi connectivity index (χ1) is 11.1. The van der Waals surface area contributed by atoms with Crippen molar-refractivity contribution in [3.63, 3.8) is 0 Å². The van der Waals surface area contributed by atoms with Crippen LogP contribution in [0.3, 0.4) is 0 Å². The van der Waals surface area contributed by atoms with E-state index < -0.39 is 0 Å². The van der Waals surface area contributed by atoms with Crippen LogP contribution in [0.15, 0.2) is 54.6 Å². The van der Waals surface area contributed by atoms with Crippen LogP contribution in [0.1, 0.15) is 18.9 Å². The number of benzene rings is 2. The summed E-state index contributed by atoms with van der Waals surface area (Å²) >= 11 is 5.48. The SMILES string of the molecule is COc1ccc(N2N[C@](C)(CCc3ccccc3)NC2=S)cc1. The van der Waals surface area contributed by atoms with Gasteiger partial charge in [-0.3, -0.25) is 5.01 Å². The summed E-state index contributed by atoms with van der Waals surface area (Å²) < 4.78 is 5.20. The summed E-state index contributed by atoms with van der Waals surface area (Å²) in [6.45, 7) is 2.13. The minimum absolute atomic E-state index is 0.257. The maximum absolute atomic E-state index is 5.48. The van der Waals surface area contributed by atoms with Crippen molar-refractivity contribution >= 4 is 23.0 Å². The van der Waals surface area contributed by atoms with Crippen LogP contribution in [0.2, 0.25) is 0 Å². The monoisotopic (exact) mass is 327 g/mol. The first kappa shape index (κ1) is 15.8. The molecular weight excluding hydrogens is 306 g/mol. The van der Waals surface area contributed by atoms with Gasteiger partial charge in [-0.15, -0.1) is 0 Å². The molecule has 4 nitrogen and oxygen atoms in total. The van der Waals surface area contributed by atoms with Crippen molar-refractivity contribution in [2.24, 2.45) is 0 Å². The number of ether oxygens (including phenoxy) is 1. The number of rotatable bonds is 5. The van der Waals surface area contributed by atoms with E-state index in [-0.39, 0.29) is 5.66 Å². The number of aryl methyl sites for hydroxylation is 1. The van der Waals surface area contributed by atoms with E-state index >= 15 is 0 Å². The summed E-state index contributed by atoms with van der Waals surface area (Å²) in [7, 11) is 1.66. The normalized spacial score (nSPS) is 20.4. The minimum Gasteiger partial charge on any atom is -0.497 e. The number of anilines is 1. The van der Waals surface area contributed by atoms with Crippen molar-refractivity contribution in [2.45, 2.75) is 25.4 Å². The van der Waals surface area contributed by atoms with Gasteiger partial charge >= 0.3 is 0 Å². The highest BCUT2D eigenvalue weighted by Gasteiger charge is 2.36. The van der Waals surface area contributed by atoms with Crippen molar-refractivity contribution < 1.29 is 4.74 Å². The van der Waals surface area contributed by atoms with Crippen LogP contribution >= 0.6 is 12.2 Å². The Morgan fingerprint density at radius 2 is 1.78 bits per heavy atom. The summed E-state index contributed by atoms with van der Waals surface area (Å²) in [4.78, 5) is 0. The zero-order chi connectivity index (χ0) is 16.3. The van der Waals surface area contributed by atoms with E-state index in [0.29, 0.717) is 5.11 Å². The number of thiocarbonyl (C=S) groups is 1. The van der Waals surface area contributed by atoms with Gasteiger partial charge in [-0.25, -0.2) is 5.43 Å². The highest BCUT2D eigenvalue weighted by atomic mass is 32.1. The standard InChI is InChI=1S/C18H21N3OS/c1-18(13-12-14-6-4-3-5-7-14)19-17(23)21(20-18)15-8-10-16(22-2)11-9-15/h3-11,20H,12-13H2,1-2H3,(H,19,23)/t18-/m1/s1. The molecule has 0 unspecified atom stereocenters. The lowest BCUT2D eigenvalue weighted by molar-refractivity contribution is 0.347. The van der Waals surface area contributed by atoms with E-state index in [1.54, 1.807) is 7.11 Å². The molecule has 120 valence electrons. The quantitative estimate of drug-likeness (QED) is 0.825. The summed E-state index contributed by atoms with van der Waals surface area (Å²) in [5, 5.41) is 5.99. The smallest absolute Gasteiger partial charge is 0.189 e. The number of hydrogen-bond acceptors (Lipinski definition) is 3. The summed E-state index contributed by atoms with van der Waals surface area (Å²) in [5.41, 5.74) is 5.54. The average molecular weight is 327 g/mol. The van der Waals surface area contributed by atoms with Crippen molar-refractivity contribution in [3.8, 4) is 5.75 Å². The van der Waals surface area contributed by atoms with Crippen LogP contribution in [0.4, 0.5) is 5.69 Å². The molecule has 5 heteroatoms. The Bertz CT molecular complexity index is 674. The summed E-state index contributed by atoms with van der Waals surface area (Å²) in [6, 6.07) is 18.3. The maximum atomic E-state index is 5.48. The van der Waals surface area contributed by atoms with Crippen LogP contribution in [-0.4, -0.2) is 17.9 Å². The number of nitrogens with one attached hydrogen (secondary N) is 2. The first-order valence-electron chi connectivity index (χ1n) is 7.68. The van der Waals surface area contributed by atoms with Crippen molar-refractivity contribution in [1.82, 2.24) is 10.7 Å². The highest BCUT2D eigenvalue weighted by molar-refractivity contribution is 7.80. The van der Waals surface area contributed by atoms with Crippen LogP contribution in [0.25, 0.3) is 0 Å². The van der Waals surface area contributed by atoms with Crippen LogP contribution in [-0.2, 0) is 6.42 Å². The fraction of sp³-hybridized carbons (Fsp3) is 0.278. The summed E-state index contributed by atoms with van der Waals surface area (Å²) in [6.07, 6.45) is 1.92. The van der Waals surface area contributed by atoms with Crippen molar-refractivity contribution in [3.05, 3.63) is 60.2 Å². The van der Waals surface area contributed by atoms with E-state index in [1.807, 2.05) is 35.3 Å². The number of nitrogens with zero attached hydrogens (tertiary/aromatic N) is 1. The second-order valence-electron chi connectivity index (χ2n) is 5.89. The molecule has 0 spiro atoms. The molecule has 1 atom stereocenters. The average Bonchev–Trinajstić information content (AvgIpc) is 2.89. The van der Waals surface area contributed by atoms with Gasteiger partial charge in [0.05, 0.1) is 12.8 Å². The number of methoxy groups -OCH3 is 1. The maximum Gasteiger partial charge on any atom is 0.189 e. The molecule has 0 radical (unpaired) electrons. The van der Waals surface area contributed by atoms with Gasteiger partial charge in [-0.2, -0.15) is 0 Å². The van der Waals surface area contributed by atoms with E-state index in [2.05, 4.69) is 41.9 Å². The Morgan fingerprint density at radius 3 is 2.43 bits per heavy atom. The van der Waals surface area contributed by atoms with Gasteiger partial charge in [0.25, 0.3) is 0 Å². The molecule has 1 heterocycles. The number of hydrazine groups is 1. The second-order valence-corrected chi connectivity index (χ2v) is 6.28. The van der Waals surface area contributed by atoms with Gasteiger partial charge in [-0.05, 0) is 61.8 Å². The molecule has 1 saturated heterocycles. The predicted molar refractivity (Wildman–Crippen MR) is 97.5 cm³/mol. The molecule has 23 heavy (non-hydrogen) atoms. The largest absolute Gasteiger partial charge is 0.497 e. The lowest BCUT2D eigenvalue weighted by atomic mass is 10.0. The second kappa shape index (κ2) is 6.56. The van der Waals surface area contributed by atoms with Crippen LogP contribution in [0, 0.1) is 0 Å². The van der Waals surface area contributed by atoms with E-state index in [4.69, 9.17) is 17.0 Å². The molecule has 2 aromatic rings. The fourth-order valence-electron chi connectivity index (χ4n) is 2.69. The van der Waals surface area contributed by atoms with Gasteiger partial charge in [0.15, 0.2) is 5.11 Å². The van der Waals surface area contributed by atoms with Gasteiger partial charge in [0.1, 0.15) is 11.4 Å². The van der Waals surface area contributed by atoms with Gasteiger partial charge in [-0.1, -0.05) is 30.3 Å². The Morgan fingerprint density at radius 1 is 1.09 bits per heavy atom. The van der Waals surface area contributed by atoms with Crippen LogP contribution in [0.5, 0.6) is 5.75 Å². The topological polar surface area (TPSA) is 36.5 Å². The first-order valence-corrected chi connectivity index (χ1v) is 8.08. The molecule has 0 aliphatic carbocycles. The summed E-state index contributed by atoms with van der Waals surface area (Å²) in [5.74, 6) is 0.832. The molecule has 0 saturated carbocycles. The van der Waals surface area contributed by atoms with Gasteiger partial charge in [0.2, 0.25) is 0 Å². The zero-order valence-electron chi connectivity index (χ0n) is 13.4. The molecule has 0 aromatic heterocycles. The van der Waals surface area contributed by atoms with Crippen LogP contribution < -0.4 is 20.5 Å². The molecule has 1 aliphatic rings. The molecular formula is C18H21N3OS. The lowest BCUT2D eigenvalue weighted by Crippen LogP contribution is -2.48. The third-order valence-electron chi connectivity index (χ3n) is 4.03. The fourth-order valence-corrected chi connectivity index (χ4v) is 3.06. The molecule has 2 N–H and O–H groups in total. The highest BCUT2D eigenvalue weighted by Crippen LogP contribution is 2.24. The molecule has 0 amide bonds. The van der Waals surface area contributed by atoms with Gasteiger partial charge < -0.3 is 10.1 Å². The molecule has 3 rings (SSSR count). The lowest BCUT2D eigenvalue weighted by Gasteiger charge is -2.25. The Balaban J connectivity index is 1.67. The zero-order valence-corrected chi connectivity index (χ0v) is 14.2. The van der Waals surface area contributed by atoms with E-state index in [0.717, 1.165) is 24.3 Å². The number of hydrogen-bond donors (Lipinski definition) is 2. The third-order valence-corrected chi connectivity index (χ3v) is 4.32. The van der Waals surface area contributed by atoms with E-state index in [1.165, 1.54) is 5.56 Å². The Kier molecular flexibility index (Phi) is 4.50. The molecule has 0 bridgehead atoms. The van der Waals surface area contributed by atoms with Crippen molar-refractivity contribution in [1.29, 1.82) is 0 Å². The van der Waals surface area contributed by atoms with E-state index in [9.17, 15) is 0 Å². The Labute approximate surface area is 142 Å². The minimum atomic E-state index is -0.257. The predicted octanol–water partition coefficient (Wildman–Crippen LogP) is 3.24. The molecule has 1 fully saturated rings. The molecule has 1 aliphatic heterocycles. The van der Waals surface area contributed by atoms with Gasteiger partial charge in [0, 0.05) is 0 Å². The Hall–Kier alpha value is -2.11. The van der Waals surface area contributed by atoms with Crippen molar-refractivity contribution in [2.75, 3.05) is 12.1 Å².